The number of carbonyl (C=O) groups is 1. The molecule has 0 aliphatic carbocycles. The molecule has 1 aromatic heterocycles. The number of nitrogens with zero attached hydrogens (tertiary/aromatic N) is 3. The van der Waals surface area contributed by atoms with Gasteiger partial charge in [-0.1, -0.05) is 29.8 Å². The highest BCUT2D eigenvalue weighted by molar-refractivity contribution is 6.31. The lowest BCUT2D eigenvalue weighted by Gasteiger charge is -2.29. The van der Waals surface area contributed by atoms with Crippen molar-refractivity contribution in [1.82, 2.24) is 14.8 Å². The fraction of sp³-hybridized carbons (Fsp3) is 0.500. The van der Waals surface area contributed by atoms with Crippen LogP contribution in [0.5, 0.6) is 0 Å². The third-order valence-corrected chi connectivity index (χ3v) is 5.58. The van der Waals surface area contributed by atoms with Crippen LogP contribution >= 0.6 is 11.6 Å². The van der Waals surface area contributed by atoms with Crippen molar-refractivity contribution in [3.8, 4) is 0 Å². The highest BCUT2D eigenvalue weighted by Crippen LogP contribution is 2.32. The first-order chi connectivity index (χ1) is 13.2. The minimum absolute atomic E-state index is 0.0708. The summed E-state index contributed by atoms with van der Waals surface area (Å²) in [6.07, 6.45) is 4.21. The predicted octanol–water partition coefficient (Wildman–Crippen LogP) is 2.91. The Morgan fingerprint density at radius 3 is 2.85 bits per heavy atom. The zero-order valence-electron chi connectivity index (χ0n) is 15.3. The van der Waals surface area contributed by atoms with Crippen molar-refractivity contribution >= 4 is 17.5 Å². The molecule has 0 spiro atoms. The molecule has 2 aliphatic rings. The Balaban J connectivity index is 1.42. The first-order valence-electron chi connectivity index (χ1n) is 9.48. The second-order valence-electron chi connectivity index (χ2n) is 7.07. The molecule has 2 fully saturated rings. The van der Waals surface area contributed by atoms with Gasteiger partial charge in [-0.25, -0.2) is 4.98 Å². The smallest absolute Gasteiger partial charge is 0.237 e. The molecule has 144 valence electrons. The van der Waals surface area contributed by atoms with Crippen LogP contribution in [0.25, 0.3) is 0 Å². The van der Waals surface area contributed by atoms with E-state index in [-0.39, 0.29) is 11.9 Å². The summed E-state index contributed by atoms with van der Waals surface area (Å²) in [6, 6.07) is 7.66. The summed E-state index contributed by atoms with van der Waals surface area (Å²) < 4.78 is 11.4. The molecule has 0 N–H and O–H groups in total. The molecule has 0 saturated carbocycles. The molecule has 1 amide bonds. The summed E-state index contributed by atoms with van der Waals surface area (Å²) in [6.45, 7) is 4.21. The van der Waals surface area contributed by atoms with Crippen LogP contribution in [0.3, 0.4) is 0 Å². The van der Waals surface area contributed by atoms with E-state index < -0.39 is 0 Å². The zero-order valence-corrected chi connectivity index (χ0v) is 16.0. The van der Waals surface area contributed by atoms with Gasteiger partial charge in [0.2, 0.25) is 11.8 Å². The molecule has 4 rings (SSSR count). The van der Waals surface area contributed by atoms with Crippen LogP contribution in [-0.2, 0) is 16.0 Å². The fourth-order valence-corrected chi connectivity index (χ4v) is 3.95. The molecule has 2 saturated heterocycles. The molecule has 27 heavy (non-hydrogen) atoms. The quantitative estimate of drug-likeness (QED) is 0.786. The maximum absolute atomic E-state index is 12.8. The summed E-state index contributed by atoms with van der Waals surface area (Å²) >= 11 is 6.24. The predicted molar refractivity (Wildman–Crippen MR) is 102 cm³/mol. The van der Waals surface area contributed by atoms with Crippen molar-refractivity contribution in [3.63, 3.8) is 0 Å². The fourth-order valence-electron chi connectivity index (χ4n) is 3.75. The van der Waals surface area contributed by atoms with Gasteiger partial charge < -0.3 is 14.1 Å². The molecule has 0 bridgehead atoms. The number of benzene rings is 1. The number of hydrogen-bond donors (Lipinski definition) is 0. The molecule has 6 nitrogen and oxygen atoms in total. The van der Waals surface area contributed by atoms with E-state index in [0.717, 1.165) is 48.8 Å². The first-order valence-corrected chi connectivity index (χ1v) is 9.86. The van der Waals surface area contributed by atoms with E-state index in [4.69, 9.17) is 20.8 Å². The Labute approximate surface area is 164 Å². The summed E-state index contributed by atoms with van der Waals surface area (Å²) in [5.74, 6) is 1.54. The van der Waals surface area contributed by atoms with Crippen molar-refractivity contribution in [2.45, 2.75) is 25.3 Å². The Morgan fingerprint density at radius 2 is 2.04 bits per heavy atom. The molecule has 0 unspecified atom stereocenters. The maximum atomic E-state index is 12.8. The number of hydrogen-bond acceptors (Lipinski definition) is 5. The molecular formula is C20H24ClN3O3. The largest absolute Gasteiger partial charge is 0.443 e. The zero-order chi connectivity index (χ0) is 18.6. The lowest BCUT2D eigenvalue weighted by Crippen LogP contribution is -2.44. The van der Waals surface area contributed by atoms with Gasteiger partial charge >= 0.3 is 0 Å². The first kappa shape index (κ1) is 18.5. The number of oxazole rings is 1. The normalized spacial score (nSPS) is 20.9. The average Bonchev–Trinajstić information content (AvgIpc) is 3.33. The summed E-state index contributed by atoms with van der Waals surface area (Å²) in [5, 5.41) is 0.721. The van der Waals surface area contributed by atoms with Crippen molar-refractivity contribution in [2.75, 3.05) is 39.4 Å². The van der Waals surface area contributed by atoms with Crippen LogP contribution in [0.15, 0.2) is 34.9 Å². The van der Waals surface area contributed by atoms with E-state index in [1.165, 1.54) is 0 Å². The van der Waals surface area contributed by atoms with Gasteiger partial charge in [-0.05, 0) is 24.5 Å². The van der Waals surface area contributed by atoms with Crippen LogP contribution in [0.4, 0.5) is 0 Å². The highest BCUT2D eigenvalue weighted by atomic mass is 35.5. The van der Waals surface area contributed by atoms with Gasteiger partial charge in [0.05, 0.1) is 26.0 Å². The molecule has 1 atom stereocenters. The van der Waals surface area contributed by atoms with E-state index in [9.17, 15) is 4.79 Å². The minimum atomic E-state index is -0.0708. The Morgan fingerprint density at radius 1 is 1.22 bits per heavy atom. The standard InChI is InChI=1S/C20H24ClN3O3/c21-17-5-2-1-4-15(17)12-16-13-22-20(27-16)18-6-3-7-24(18)19(25)14-23-8-10-26-11-9-23/h1-2,4-5,13,18H,3,6-12,14H2/t18-/m1/s1. The Kier molecular flexibility index (Phi) is 5.76. The van der Waals surface area contributed by atoms with Crippen molar-refractivity contribution in [1.29, 1.82) is 0 Å². The SMILES string of the molecule is O=C(CN1CCOCC1)N1CCC[C@@H]1c1ncc(Cc2ccccc2Cl)o1. The van der Waals surface area contributed by atoms with E-state index in [2.05, 4.69) is 9.88 Å². The molecule has 7 heteroatoms. The lowest BCUT2D eigenvalue weighted by molar-refractivity contribution is -0.134. The molecule has 3 heterocycles. The number of halogens is 1. The highest BCUT2D eigenvalue weighted by Gasteiger charge is 2.34. The van der Waals surface area contributed by atoms with Gasteiger partial charge in [0.15, 0.2) is 0 Å². The van der Waals surface area contributed by atoms with Gasteiger partial charge in [0.1, 0.15) is 11.8 Å². The maximum Gasteiger partial charge on any atom is 0.237 e. The molecule has 2 aromatic rings. The third-order valence-electron chi connectivity index (χ3n) is 5.21. The van der Waals surface area contributed by atoms with Crippen LogP contribution in [0, 0.1) is 0 Å². The number of aromatic nitrogens is 1. The number of amides is 1. The van der Waals surface area contributed by atoms with E-state index in [0.29, 0.717) is 32.1 Å². The second kappa shape index (κ2) is 8.42. The van der Waals surface area contributed by atoms with Gasteiger partial charge in [-0.3, -0.25) is 9.69 Å². The molecule has 0 radical (unpaired) electrons. The van der Waals surface area contributed by atoms with Crippen molar-refractivity contribution < 1.29 is 13.9 Å². The number of morpholine rings is 1. The van der Waals surface area contributed by atoms with Crippen LogP contribution in [0.1, 0.15) is 36.1 Å². The topological polar surface area (TPSA) is 58.8 Å². The Hall–Kier alpha value is -1.89. The number of rotatable bonds is 5. The van der Waals surface area contributed by atoms with Gasteiger partial charge in [0, 0.05) is 31.1 Å². The number of likely N-dealkylation sites (tertiary alicyclic amines) is 1. The van der Waals surface area contributed by atoms with Gasteiger partial charge in [-0.2, -0.15) is 0 Å². The summed E-state index contributed by atoms with van der Waals surface area (Å²) in [5.41, 5.74) is 1.01. The van der Waals surface area contributed by atoms with Crippen LogP contribution in [-0.4, -0.2) is 60.1 Å². The van der Waals surface area contributed by atoms with E-state index in [1.54, 1.807) is 6.20 Å². The van der Waals surface area contributed by atoms with Crippen molar-refractivity contribution in [2.24, 2.45) is 0 Å². The van der Waals surface area contributed by atoms with Gasteiger partial charge in [-0.15, -0.1) is 0 Å². The van der Waals surface area contributed by atoms with Crippen molar-refractivity contribution in [3.05, 3.63) is 52.7 Å². The van der Waals surface area contributed by atoms with Crippen LogP contribution < -0.4 is 0 Å². The summed E-state index contributed by atoms with van der Waals surface area (Å²) in [7, 11) is 0. The van der Waals surface area contributed by atoms with Crippen LogP contribution in [0.2, 0.25) is 5.02 Å². The summed E-state index contributed by atoms with van der Waals surface area (Å²) in [4.78, 5) is 21.3. The second-order valence-corrected chi connectivity index (χ2v) is 7.47. The number of carbonyl (C=O) groups excluding carboxylic acids is 1. The third kappa shape index (κ3) is 4.34. The van der Waals surface area contributed by atoms with E-state index >= 15 is 0 Å². The minimum Gasteiger partial charge on any atom is -0.443 e. The molecule has 1 aromatic carbocycles. The number of ether oxygens (including phenoxy) is 1. The van der Waals surface area contributed by atoms with E-state index in [1.807, 2.05) is 29.2 Å². The monoisotopic (exact) mass is 389 g/mol. The average molecular weight is 390 g/mol. The molecule has 2 aliphatic heterocycles. The molecular weight excluding hydrogens is 366 g/mol. The van der Waals surface area contributed by atoms with Gasteiger partial charge in [0.25, 0.3) is 0 Å². The Bertz CT molecular complexity index is 788. The lowest BCUT2D eigenvalue weighted by atomic mass is 10.1.